The summed E-state index contributed by atoms with van der Waals surface area (Å²) in [4.78, 5) is 21.8. The summed E-state index contributed by atoms with van der Waals surface area (Å²) in [5, 5.41) is 11.4. The van der Waals surface area contributed by atoms with Gasteiger partial charge in [0.15, 0.2) is 0 Å². The molecule has 5 nitrogen and oxygen atoms in total. The number of carbonyl (C=O) groups excluding carboxylic acids is 1. The lowest BCUT2D eigenvalue weighted by Gasteiger charge is -2.08. The van der Waals surface area contributed by atoms with Crippen LogP contribution in [-0.4, -0.2) is 30.6 Å². The first kappa shape index (κ1) is 14.7. The first-order valence-electron chi connectivity index (χ1n) is 5.41. The Morgan fingerprint density at radius 2 is 2.17 bits per heavy atom. The number of aromatic carboxylic acids is 1. The predicted molar refractivity (Wildman–Crippen MR) is 74.9 cm³/mol. The summed E-state index contributed by atoms with van der Waals surface area (Å²) in [7, 11) is 1.59. The van der Waals surface area contributed by atoms with Gasteiger partial charge in [0.25, 0.3) is 0 Å². The first-order chi connectivity index (χ1) is 8.54. The Hall–Kier alpha value is -1.31. The van der Waals surface area contributed by atoms with Crippen molar-refractivity contribution in [2.45, 2.75) is 12.8 Å². The number of carboxylic acids is 1. The zero-order valence-electron chi connectivity index (χ0n) is 9.90. The Balaban J connectivity index is 2.53. The predicted octanol–water partition coefficient (Wildman–Crippen LogP) is 1.89. The lowest BCUT2D eigenvalue weighted by atomic mass is 10.2. The van der Waals surface area contributed by atoms with Crippen LogP contribution in [0.4, 0.5) is 0 Å². The summed E-state index contributed by atoms with van der Waals surface area (Å²) in [6, 6.07) is 4.71. The number of hydrogen-bond acceptors (Lipinski definition) is 3. The molecule has 0 saturated heterocycles. The minimum atomic E-state index is -0.985. The number of ether oxygens (including phenoxy) is 1. The highest BCUT2D eigenvalue weighted by molar-refractivity contribution is 14.1. The third kappa shape index (κ3) is 4.52. The maximum Gasteiger partial charge on any atom is 0.335 e. The zero-order chi connectivity index (χ0) is 13.5. The van der Waals surface area contributed by atoms with Crippen molar-refractivity contribution in [3.63, 3.8) is 0 Å². The molecule has 6 heteroatoms. The highest BCUT2D eigenvalue weighted by atomic mass is 127. The fraction of sp³-hybridized carbons (Fsp3) is 0.333. The normalized spacial score (nSPS) is 9.89. The summed E-state index contributed by atoms with van der Waals surface area (Å²) in [5.74, 6) is -0.485. The number of carboxylic acid groups (broad SMARTS) is 1. The monoisotopic (exact) mass is 363 g/mol. The molecule has 0 aliphatic rings. The fourth-order valence-electron chi connectivity index (χ4n) is 1.29. The number of amides is 1. The van der Waals surface area contributed by atoms with Gasteiger partial charge in [0.2, 0.25) is 5.91 Å². The lowest BCUT2D eigenvalue weighted by molar-refractivity contribution is -0.120. The van der Waals surface area contributed by atoms with Crippen LogP contribution in [0.25, 0.3) is 0 Å². The molecule has 18 heavy (non-hydrogen) atoms. The van der Waals surface area contributed by atoms with Gasteiger partial charge in [0.05, 0.1) is 15.7 Å². The van der Waals surface area contributed by atoms with Gasteiger partial charge in [-0.25, -0.2) is 4.79 Å². The van der Waals surface area contributed by atoms with Gasteiger partial charge in [-0.05, 0) is 47.2 Å². The molecule has 2 N–H and O–H groups in total. The second kappa shape index (κ2) is 7.20. The van der Waals surface area contributed by atoms with Gasteiger partial charge >= 0.3 is 5.97 Å². The van der Waals surface area contributed by atoms with Crippen molar-refractivity contribution in [1.82, 2.24) is 5.32 Å². The van der Waals surface area contributed by atoms with Crippen molar-refractivity contribution < 1.29 is 19.4 Å². The minimum Gasteiger partial charge on any atom is -0.492 e. The van der Waals surface area contributed by atoms with Gasteiger partial charge < -0.3 is 15.2 Å². The molecule has 1 aromatic carbocycles. The van der Waals surface area contributed by atoms with E-state index in [9.17, 15) is 9.59 Å². The molecule has 0 spiro atoms. The highest BCUT2D eigenvalue weighted by Gasteiger charge is 2.08. The van der Waals surface area contributed by atoms with Gasteiger partial charge in [-0.1, -0.05) is 0 Å². The topological polar surface area (TPSA) is 75.6 Å². The molecule has 0 saturated carbocycles. The van der Waals surface area contributed by atoms with Crippen molar-refractivity contribution in [1.29, 1.82) is 0 Å². The van der Waals surface area contributed by atoms with Crippen molar-refractivity contribution in [2.24, 2.45) is 0 Å². The Morgan fingerprint density at radius 3 is 2.78 bits per heavy atom. The van der Waals surface area contributed by atoms with Crippen LogP contribution in [0, 0.1) is 3.57 Å². The molecule has 1 aromatic rings. The van der Waals surface area contributed by atoms with Crippen LogP contribution in [0.5, 0.6) is 5.75 Å². The molecule has 0 radical (unpaired) electrons. The Morgan fingerprint density at radius 1 is 1.44 bits per heavy atom. The summed E-state index contributed by atoms with van der Waals surface area (Å²) >= 11 is 2.08. The molecule has 0 bridgehead atoms. The number of carbonyl (C=O) groups is 2. The quantitative estimate of drug-likeness (QED) is 0.598. The van der Waals surface area contributed by atoms with Crippen LogP contribution in [0.1, 0.15) is 23.2 Å². The van der Waals surface area contributed by atoms with Gasteiger partial charge in [-0.2, -0.15) is 0 Å². The molecular weight excluding hydrogens is 349 g/mol. The standard InChI is InChI=1S/C12H14INO4/c1-14-11(15)3-2-6-18-10-7-8(12(16)17)4-5-9(10)13/h4-5,7H,2-3,6H2,1H3,(H,14,15)(H,16,17). The van der Waals surface area contributed by atoms with Gasteiger partial charge in [-0.3, -0.25) is 4.79 Å². The van der Waals surface area contributed by atoms with E-state index in [4.69, 9.17) is 9.84 Å². The SMILES string of the molecule is CNC(=O)CCCOc1cc(C(=O)O)ccc1I. The van der Waals surface area contributed by atoms with Crippen molar-refractivity contribution in [2.75, 3.05) is 13.7 Å². The Bertz CT molecular complexity index is 448. The van der Waals surface area contributed by atoms with Crippen LogP contribution in [0.15, 0.2) is 18.2 Å². The van der Waals surface area contributed by atoms with Crippen LogP contribution in [0.3, 0.4) is 0 Å². The molecule has 0 aromatic heterocycles. The second-order valence-electron chi connectivity index (χ2n) is 3.58. The van der Waals surface area contributed by atoms with E-state index in [1.54, 1.807) is 13.1 Å². The smallest absolute Gasteiger partial charge is 0.335 e. The first-order valence-corrected chi connectivity index (χ1v) is 6.48. The molecule has 1 rings (SSSR count). The molecule has 0 unspecified atom stereocenters. The van der Waals surface area contributed by atoms with Crippen LogP contribution >= 0.6 is 22.6 Å². The number of nitrogens with one attached hydrogen (secondary N) is 1. The summed E-state index contributed by atoms with van der Waals surface area (Å²) in [6.45, 7) is 0.381. The van der Waals surface area contributed by atoms with Crippen molar-refractivity contribution >= 4 is 34.5 Å². The maximum absolute atomic E-state index is 11.0. The molecule has 0 fully saturated rings. The molecular formula is C12H14INO4. The van der Waals surface area contributed by atoms with E-state index in [0.29, 0.717) is 25.2 Å². The molecule has 0 aliphatic heterocycles. The number of halogens is 1. The second-order valence-corrected chi connectivity index (χ2v) is 4.74. The largest absolute Gasteiger partial charge is 0.492 e. The van der Waals surface area contributed by atoms with Crippen molar-refractivity contribution in [3.8, 4) is 5.75 Å². The van der Waals surface area contributed by atoms with Crippen LogP contribution < -0.4 is 10.1 Å². The van der Waals surface area contributed by atoms with Crippen molar-refractivity contribution in [3.05, 3.63) is 27.3 Å². The Labute approximate surface area is 119 Å². The Kier molecular flexibility index (Phi) is 5.90. The zero-order valence-corrected chi connectivity index (χ0v) is 12.1. The summed E-state index contributed by atoms with van der Waals surface area (Å²) in [6.07, 6.45) is 0.985. The van der Waals surface area contributed by atoms with E-state index in [-0.39, 0.29) is 11.5 Å². The number of hydrogen-bond donors (Lipinski definition) is 2. The van der Waals surface area contributed by atoms with E-state index < -0.39 is 5.97 Å². The summed E-state index contributed by atoms with van der Waals surface area (Å²) in [5.41, 5.74) is 0.191. The molecule has 1 amide bonds. The molecule has 0 aliphatic carbocycles. The highest BCUT2D eigenvalue weighted by Crippen LogP contribution is 2.22. The van der Waals surface area contributed by atoms with Gasteiger partial charge in [0, 0.05) is 13.5 Å². The third-order valence-electron chi connectivity index (χ3n) is 2.26. The molecule has 0 heterocycles. The van der Waals surface area contributed by atoms with Crippen LogP contribution in [0.2, 0.25) is 0 Å². The fourth-order valence-corrected chi connectivity index (χ4v) is 1.78. The average molecular weight is 363 g/mol. The minimum absolute atomic E-state index is 0.0346. The molecule has 0 atom stereocenters. The van der Waals surface area contributed by atoms with E-state index in [0.717, 1.165) is 3.57 Å². The van der Waals surface area contributed by atoms with Gasteiger partial charge in [0.1, 0.15) is 5.75 Å². The lowest BCUT2D eigenvalue weighted by Crippen LogP contribution is -2.18. The number of benzene rings is 1. The number of rotatable bonds is 6. The van der Waals surface area contributed by atoms with Gasteiger partial charge in [-0.15, -0.1) is 0 Å². The van der Waals surface area contributed by atoms with E-state index in [1.165, 1.54) is 12.1 Å². The third-order valence-corrected chi connectivity index (χ3v) is 3.15. The average Bonchev–Trinajstić information content (AvgIpc) is 2.35. The van der Waals surface area contributed by atoms with E-state index in [2.05, 4.69) is 27.9 Å². The van der Waals surface area contributed by atoms with E-state index in [1.807, 2.05) is 0 Å². The van der Waals surface area contributed by atoms with Crippen LogP contribution in [-0.2, 0) is 4.79 Å². The maximum atomic E-state index is 11.0. The summed E-state index contributed by atoms with van der Waals surface area (Å²) < 4.78 is 6.32. The van der Waals surface area contributed by atoms with E-state index >= 15 is 0 Å². The molecule has 98 valence electrons.